The third-order valence-electron chi connectivity index (χ3n) is 3.09. The Balaban J connectivity index is 0.00000200. The Kier molecular flexibility index (Phi) is 5.65. The number of nitrogens with two attached hydrogens (primary N) is 1. The van der Waals surface area contributed by atoms with Gasteiger partial charge in [-0.05, 0) is 25.5 Å². The number of halogens is 1. The van der Waals surface area contributed by atoms with E-state index in [0.717, 1.165) is 6.42 Å². The second-order valence-electron chi connectivity index (χ2n) is 4.98. The Morgan fingerprint density at radius 2 is 2.00 bits per heavy atom. The van der Waals surface area contributed by atoms with Gasteiger partial charge in [-0.25, -0.2) is 0 Å². The maximum Gasteiger partial charge on any atom is 0.244 e. The number of carbonyl (C=O) groups is 1. The van der Waals surface area contributed by atoms with Crippen molar-refractivity contribution in [3.05, 3.63) is 18.2 Å². The lowest BCUT2D eigenvalue weighted by molar-refractivity contribution is -0.120. The highest BCUT2D eigenvalue weighted by Gasteiger charge is 2.27. The molecule has 1 aromatic carbocycles. The highest BCUT2D eigenvalue weighted by atomic mass is 35.5. The lowest BCUT2D eigenvalue weighted by atomic mass is 9.96. The number of ether oxygens (including phenoxy) is 2. The molecule has 0 aliphatic carbocycles. The number of nitrogens with one attached hydrogen (secondary N) is 1. The van der Waals surface area contributed by atoms with Crippen LogP contribution in [0.1, 0.15) is 26.7 Å². The van der Waals surface area contributed by atoms with Gasteiger partial charge in [-0.3, -0.25) is 4.79 Å². The Hall–Kier alpha value is -1.46. The van der Waals surface area contributed by atoms with Crippen LogP contribution in [-0.2, 0) is 4.79 Å². The van der Waals surface area contributed by atoms with Crippen LogP contribution < -0.4 is 20.5 Å². The molecule has 1 amide bonds. The minimum atomic E-state index is -0.859. The molecule has 0 spiro atoms. The summed E-state index contributed by atoms with van der Waals surface area (Å²) in [4.78, 5) is 12.1. The van der Waals surface area contributed by atoms with E-state index in [4.69, 9.17) is 15.2 Å². The molecule has 0 fully saturated rings. The fourth-order valence-corrected chi connectivity index (χ4v) is 2.03. The van der Waals surface area contributed by atoms with Crippen molar-refractivity contribution in [2.75, 3.05) is 18.5 Å². The first-order chi connectivity index (χ1) is 9.03. The molecule has 0 bridgehead atoms. The molecule has 20 heavy (non-hydrogen) atoms. The summed E-state index contributed by atoms with van der Waals surface area (Å²) in [5.41, 5.74) is 5.80. The third-order valence-corrected chi connectivity index (χ3v) is 3.09. The highest BCUT2D eigenvalue weighted by Crippen LogP contribution is 2.32. The monoisotopic (exact) mass is 300 g/mol. The Morgan fingerprint density at radius 1 is 1.35 bits per heavy atom. The van der Waals surface area contributed by atoms with Gasteiger partial charge < -0.3 is 20.5 Å². The molecule has 0 saturated heterocycles. The predicted molar refractivity (Wildman–Crippen MR) is 80.8 cm³/mol. The predicted octanol–water partition coefficient (Wildman–Crippen LogP) is 2.34. The second kappa shape index (κ2) is 6.81. The van der Waals surface area contributed by atoms with Gasteiger partial charge in [-0.15, -0.1) is 12.4 Å². The van der Waals surface area contributed by atoms with Crippen LogP contribution in [0.15, 0.2) is 18.2 Å². The summed E-state index contributed by atoms with van der Waals surface area (Å²) in [5, 5.41) is 2.82. The van der Waals surface area contributed by atoms with Gasteiger partial charge >= 0.3 is 0 Å². The van der Waals surface area contributed by atoms with Crippen LogP contribution in [0.5, 0.6) is 11.5 Å². The maximum atomic E-state index is 12.1. The van der Waals surface area contributed by atoms with Gasteiger partial charge in [0.05, 0.1) is 5.54 Å². The maximum absolute atomic E-state index is 12.1. The van der Waals surface area contributed by atoms with Gasteiger partial charge in [-0.1, -0.05) is 13.3 Å². The fraction of sp³-hybridized carbons (Fsp3) is 0.500. The zero-order valence-electron chi connectivity index (χ0n) is 11.8. The summed E-state index contributed by atoms with van der Waals surface area (Å²) >= 11 is 0. The summed E-state index contributed by atoms with van der Waals surface area (Å²) < 4.78 is 10.9. The molecule has 5 nitrogen and oxygen atoms in total. The lowest BCUT2D eigenvalue weighted by Crippen LogP contribution is -2.48. The van der Waals surface area contributed by atoms with Crippen molar-refractivity contribution in [3.8, 4) is 11.5 Å². The quantitative estimate of drug-likeness (QED) is 0.895. The van der Waals surface area contributed by atoms with Crippen LogP contribution in [0, 0.1) is 0 Å². The van der Waals surface area contributed by atoms with E-state index in [9.17, 15) is 4.79 Å². The molecule has 0 saturated carbocycles. The van der Waals surface area contributed by atoms with E-state index in [0.29, 0.717) is 36.8 Å². The minimum Gasteiger partial charge on any atom is -0.486 e. The first kappa shape index (κ1) is 16.6. The van der Waals surface area contributed by atoms with Gasteiger partial charge in [0.1, 0.15) is 13.2 Å². The van der Waals surface area contributed by atoms with Crippen LogP contribution >= 0.6 is 12.4 Å². The zero-order chi connectivity index (χ0) is 13.9. The number of benzene rings is 1. The van der Waals surface area contributed by atoms with Crippen molar-refractivity contribution in [2.45, 2.75) is 32.2 Å². The molecule has 1 heterocycles. The number of hydrogen-bond donors (Lipinski definition) is 2. The summed E-state index contributed by atoms with van der Waals surface area (Å²) in [5.74, 6) is 1.16. The van der Waals surface area contributed by atoms with E-state index in [1.807, 2.05) is 6.92 Å². The number of fused-ring (bicyclic) bond motifs is 1. The van der Waals surface area contributed by atoms with Gasteiger partial charge in [-0.2, -0.15) is 0 Å². The molecule has 3 N–H and O–H groups in total. The molecule has 6 heteroatoms. The Labute approximate surface area is 125 Å². The molecule has 1 atom stereocenters. The van der Waals surface area contributed by atoms with Crippen molar-refractivity contribution >= 4 is 24.0 Å². The largest absolute Gasteiger partial charge is 0.486 e. The van der Waals surface area contributed by atoms with E-state index >= 15 is 0 Å². The molecule has 112 valence electrons. The first-order valence-electron chi connectivity index (χ1n) is 6.53. The normalized spacial score (nSPS) is 15.8. The SMILES string of the molecule is CCCC(C)(N)C(=O)Nc1ccc2c(c1)OCCO2.Cl. The Bertz CT molecular complexity index is 477. The molecule has 1 aliphatic heterocycles. The van der Waals surface area contributed by atoms with E-state index in [-0.39, 0.29) is 18.3 Å². The average Bonchev–Trinajstić information content (AvgIpc) is 2.38. The molecule has 2 rings (SSSR count). The van der Waals surface area contributed by atoms with Crippen LogP contribution in [0.2, 0.25) is 0 Å². The standard InChI is InChI=1S/C14H20N2O3.ClH/c1-3-6-14(2,15)13(17)16-10-4-5-11-12(9-10)19-8-7-18-11;/h4-5,9H,3,6-8,15H2,1-2H3,(H,16,17);1H. The van der Waals surface area contributed by atoms with Gasteiger partial charge in [0.15, 0.2) is 11.5 Å². The smallest absolute Gasteiger partial charge is 0.244 e. The van der Waals surface area contributed by atoms with Crippen LogP contribution in [-0.4, -0.2) is 24.7 Å². The Morgan fingerprint density at radius 3 is 2.65 bits per heavy atom. The van der Waals surface area contributed by atoms with Crippen LogP contribution in [0.25, 0.3) is 0 Å². The summed E-state index contributed by atoms with van der Waals surface area (Å²) in [6, 6.07) is 5.33. The first-order valence-corrected chi connectivity index (χ1v) is 6.53. The summed E-state index contributed by atoms with van der Waals surface area (Å²) in [6.07, 6.45) is 1.50. The molecular weight excluding hydrogens is 280 g/mol. The third kappa shape index (κ3) is 3.77. The minimum absolute atomic E-state index is 0. The number of amides is 1. The molecule has 0 aromatic heterocycles. The second-order valence-corrected chi connectivity index (χ2v) is 4.98. The van der Waals surface area contributed by atoms with Gasteiger partial charge in [0.2, 0.25) is 5.91 Å². The number of hydrogen-bond acceptors (Lipinski definition) is 4. The number of rotatable bonds is 4. The highest BCUT2D eigenvalue weighted by molar-refractivity contribution is 5.97. The molecule has 1 unspecified atom stereocenters. The van der Waals surface area contributed by atoms with Crippen LogP contribution in [0.3, 0.4) is 0 Å². The molecule has 1 aromatic rings. The fourth-order valence-electron chi connectivity index (χ4n) is 2.03. The molecular formula is C14H21ClN2O3. The van der Waals surface area contributed by atoms with Gasteiger partial charge in [0, 0.05) is 11.8 Å². The van der Waals surface area contributed by atoms with Crippen molar-refractivity contribution < 1.29 is 14.3 Å². The van der Waals surface area contributed by atoms with Crippen molar-refractivity contribution in [2.24, 2.45) is 5.73 Å². The van der Waals surface area contributed by atoms with Gasteiger partial charge in [0.25, 0.3) is 0 Å². The van der Waals surface area contributed by atoms with E-state index in [1.54, 1.807) is 25.1 Å². The topological polar surface area (TPSA) is 73.6 Å². The number of anilines is 1. The van der Waals surface area contributed by atoms with Crippen LogP contribution in [0.4, 0.5) is 5.69 Å². The van der Waals surface area contributed by atoms with Crippen molar-refractivity contribution in [3.63, 3.8) is 0 Å². The van der Waals surface area contributed by atoms with E-state index < -0.39 is 5.54 Å². The summed E-state index contributed by atoms with van der Waals surface area (Å²) in [6.45, 7) is 4.82. The van der Waals surface area contributed by atoms with Crippen molar-refractivity contribution in [1.82, 2.24) is 0 Å². The van der Waals surface area contributed by atoms with Crippen molar-refractivity contribution in [1.29, 1.82) is 0 Å². The number of carbonyl (C=O) groups excluding carboxylic acids is 1. The summed E-state index contributed by atoms with van der Waals surface area (Å²) in [7, 11) is 0. The zero-order valence-corrected chi connectivity index (χ0v) is 12.6. The lowest BCUT2D eigenvalue weighted by Gasteiger charge is -2.24. The molecule has 0 radical (unpaired) electrons. The average molecular weight is 301 g/mol. The van der Waals surface area contributed by atoms with E-state index in [2.05, 4.69) is 5.32 Å². The molecule has 1 aliphatic rings. The van der Waals surface area contributed by atoms with E-state index in [1.165, 1.54) is 0 Å².